The molecule has 1 aliphatic heterocycles. The first-order chi connectivity index (χ1) is 12.4. The summed E-state index contributed by atoms with van der Waals surface area (Å²) in [6, 6.07) is 16.4. The van der Waals surface area contributed by atoms with E-state index in [2.05, 4.69) is 43.4 Å². The normalized spacial score (nSPS) is 12.6. The Morgan fingerprint density at radius 1 is 1.00 bits per heavy atom. The van der Waals surface area contributed by atoms with Crippen LogP contribution in [0.1, 0.15) is 5.56 Å². The third kappa shape index (κ3) is 1.59. The molecule has 4 aromatic heterocycles. The Balaban J connectivity index is 1.79. The lowest BCUT2D eigenvalue weighted by Gasteiger charge is -1.99. The van der Waals surface area contributed by atoms with E-state index in [0.717, 1.165) is 45.9 Å². The molecule has 0 aliphatic carbocycles. The molecule has 1 aliphatic rings. The minimum absolute atomic E-state index is 0.781. The van der Waals surface area contributed by atoms with Gasteiger partial charge in [-0.2, -0.15) is 9.13 Å². The summed E-state index contributed by atoms with van der Waals surface area (Å²) in [7, 11) is 0. The SMILES string of the molecule is c1ccc(-n2c3ncccc3c3oc4[n+](c32)Cc2ccncc2-4)cc1. The minimum atomic E-state index is 0.781. The Hall–Kier alpha value is -3.47. The number of benzene rings is 1. The van der Waals surface area contributed by atoms with Gasteiger partial charge < -0.3 is 4.42 Å². The standard InChI is InChI=1S/C20H13N4O/c1-2-5-14(6-3-1)24-18-15(7-4-9-22-18)17-19(24)23-12-13-8-10-21-11-16(13)20(23)25-17/h1-11H,12H2/q+1. The van der Waals surface area contributed by atoms with Gasteiger partial charge in [-0.3, -0.25) is 4.98 Å². The molecule has 1 aromatic carbocycles. The van der Waals surface area contributed by atoms with Gasteiger partial charge in [0.15, 0.2) is 0 Å². The highest BCUT2D eigenvalue weighted by molar-refractivity contribution is 6.02. The third-order valence-corrected chi connectivity index (χ3v) is 4.84. The van der Waals surface area contributed by atoms with Crippen LogP contribution < -0.4 is 4.57 Å². The topological polar surface area (TPSA) is 47.7 Å². The maximum absolute atomic E-state index is 6.31. The van der Waals surface area contributed by atoms with E-state index in [1.165, 1.54) is 5.56 Å². The molecule has 5 heteroatoms. The van der Waals surface area contributed by atoms with E-state index in [-0.39, 0.29) is 0 Å². The molecular weight excluding hydrogens is 312 g/mol. The predicted molar refractivity (Wildman–Crippen MR) is 93.4 cm³/mol. The summed E-state index contributed by atoms with van der Waals surface area (Å²) in [4.78, 5) is 8.88. The molecule has 0 saturated heterocycles. The van der Waals surface area contributed by atoms with Crippen molar-refractivity contribution in [2.24, 2.45) is 0 Å². The Bertz CT molecular complexity index is 1270. The number of pyridine rings is 2. The van der Waals surface area contributed by atoms with Crippen molar-refractivity contribution in [3.63, 3.8) is 0 Å². The van der Waals surface area contributed by atoms with Crippen molar-refractivity contribution < 1.29 is 8.98 Å². The Labute approximate surface area is 142 Å². The number of oxazole rings is 1. The number of fused-ring (bicyclic) bond motifs is 7. The van der Waals surface area contributed by atoms with Crippen LogP contribution in [0.3, 0.4) is 0 Å². The smallest absolute Gasteiger partial charge is 0.336 e. The van der Waals surface area contributed by atoms with Crippen molar-refractivity contribution >= 4 is 22.3 Å². The molecule has 0 atom stereocenters. The Morgan fingerprint density at radius 3 is 2.84 bits per heavy atom. The van der Waals surface area contributed by atoms with E-state index in [4.69, 9.17) is 4.42 Å². The molecule has 5 nitrogen and oxygen atoms in total. The van der Waals surface area contributed by atoms with Gasteiger partial charge in [-0.25, -0.2) is 4.98 Å². The van der Waals surface area contributed by atoms with Gasteiger partial charge >= 0.3 is 5.65 Å². The van der Waals surface area contributed by atoms with Crippen LogP contribution in [0, 0.1) is 0 Å². The van der Waals surface area contributed by atoms with Crippen LogP contribution in [-0.2, 0) is 6.54 Å². The van der Waals surface area contributed by atoms with E-state index in [1.54, 1.807) is 0 Å². The van der Waals surface area contributed by atoms with Gasteiger partial charge in [0.05, 0.1) is 10.9 Å². The maximum Gasteiger partial charge on any atom is 0.336 e. The molecule has 25 heavy (non-hydrogen) atoms. The molecule has 5 aromatic rings. The number of hydrogen-bond acceptors (Lipinski definition) is 3. The van der Waals surface area contributed by atoms with Crippen LogP contribution in [0.4, 0.5) is 0 Å². The van der Waals surface area contributed by atoms with Crippen molar-refractivity contribution in [2.75, 3.05) is 0 Å². The van der Waals surface area contributed by atoms with Gasteiger partial charge in [-0.1, -0.05) is 18.2 Å². The first-order valence-electron chi connectivity index (χ1n) is 8.22. The molecule has 118 valence electrons. The van der Waals surface area contributed by atoms with Crippen LogP contribution in [-0.4, -0.2) is 14.5 Å². The zero-order valence-electron chi connectivity index (χ0n) is 13.3. The predicted octanol–water partition coefficient (Wildman–Crippen LogP) is 3.48. The highest BCUT2D eigenvalue weighted by Gasteiger charge is 2.36. The second kappa shape index (κ2) is 4.54. The molecule has 0 saturated carbocycles. The fraction of sp³-hybridized carbons (Fsp3) is 0.0500. The van der Waals surface area contributed by atoms with Gasteiger partial charge in [0, 0.05) is 24.2 Å². The highest BCUT2D eigenvalue weighted by Crippen LogP contribution is 2.36. The zero-order valence-corrected chi connectivity index (χ0v) is 13.3. The van der Waals surface area contributed by atoms with Crippen molar-refractivity contribution in [3.8, 4) is 17.1 Å². The van der Waals surface area contributed by atoms with Gasteiger partial charge in [0.1, 0.15) is 12.2 Å². The first-order valence-corrected chi connectivity index (χ1v) is 8.22. The van der Waals surface area contributed by atoms with Crippen molar-refractivity contribution in [1.82, 2.24) is 14.5 Å². The van der Waals surface area contributed by atoms with Gasteiger partial charge in [0.25, 0.3) is 5.89 Å². The summed E-state index contributed by atoms with van der Waals surface area (Å²) >= 11 is 0. The summed E-state index contributed by atoms with van der Waals surface area (Å²) in [5, 5.41) is 1.02. The van der Waals surface area contributed by atoms with Crippen LogP contribution in [0.25, 0.3) is 39.4 Å². The molecule has 0 fully saturated rings. The summed E-state index contributed by atoms with van der Waals surface area (Å²) in [6.45, 7) is 0.781. The van der Waals surface area contributed by atoms with Crippen LogP contribution >= 0.6 is 0 Å². The molecule has 0 unspecified atom stereocenters. The number of rotatable bonds is 1. The molecule has 0 amide bonds. The van der Waals surface area contributed by atoms with Crippen LogP contribution in [0.15, 0.2) is 71.5 Å². The van der Waals surface area contributed by atoms with Crippen molar-refractivity contribution in [2.45, 2.75) is 6.54 Å². The number of aromatic nitrogens is 4. The molecule has 0 N–H and O–H groups in total. The molecule has 6 rings (SSSR count). The van der Waals surface area contributed by atoms with Gasteiger partial charge in [-0.05, 0) is 30.3 Å². The van der Waals surface area contributed by atoms with Crippen LogP contribution in [0.5, 0.6) is 0 Å². The molecular formula is C20H13N4O+. The zero-order chi connectivity index (χ0) is 16.4. The molecule has 0 bridgehead atoms. The molecule has 5 heterocycles. The summed E-state index contributed by atoms with van der Waals surface area (Å²) < 4.78 is 10.7. The highest BCUT2D eigenvalue weighted by atomic mass is 16.4. The molecule has 0 spiro atoms. The fourth-order valence-electron chi connectivity index (χ4n) is 3.76. The lowest BCUT2D eigenvalue weighted by atomic mass is 10.2. The first kappa shape index (κ1) is 12.9. The Kier molecular flexibility index (Phi) is 2.34. The van der Waals surface area contributed by atoms with Gasteiger partial charge in [-0.15, -0.1) is 0 Å². The van der Waals surface area contributed by atoms with E-state index >= 15 is 0 Å². The number of nitrogens with zero attached hydrogens (tertiary/aromatic N) is 4. The van der Waals surface area contributed by atoms with E-state index in [9.17, 15) is 0 Å². The lowest BCUT2D eigenvalue weighted by Crippen LogP contribution is -2.32. The average molecular weight is 325 g/mol. The summed E-state index contributed by atoms with van der Waals surface area (Å²) in [5.41, 5.74) is 6.18. The second-order valence-electron chi connectivity index (χ2n) is 6.22. The minimum Gasteiger partial charge on any atom is -0.413 e. The monoisotopic (exact) mass is 325 g/mol. The maximum atomic E-state index is 6.31. The van der Waals surface area contributed by atoms with Crippen LogP contribution in [0.2, 0.25) is 0 Å². The van der Waals surface area contributed by atoms with Gasteiger partial charge in [0.2, 0.25) is 11.2 Å². The Morgan fingerprint density at radius 2 is 1.92 bits per heavy atom. The summed E-state index contributed by atoms with van der Waals surface area (Å²) in [6.07, 6.45) is 5.53. The number of para-hydroxylation sites is 1. The van der Waals surface area contributed by atoms with E-state index in [1.807, 2.05) is 42.9 Å². The number of hydrogen-bond donors (Lipinski definition) is 0. The third-order valence-electron chi connectivity index (χ3n) is 4.84. The average Bonchev–Trinajstić information content (AvgIpc) is 3.30. The molecule has 0 radical (unpaired) electrons. The quantitative estimate of drug-likeness (QED) is 0.435. The fourth-order valence-corrected chi connectivity index (χ4v) is 3.76. The summed E-state index contributed by atoms with van der Waals surface area (Å²) in [5.74, 6) is 0.864. The van der Waals surface area contributed by atoms with E-state index < -0.39 is 0 Å². The van der Waals surface area contributed by atoms with Crippen molar-refractivity contribution in [1.29, 1.82) is 0 Å². The van der Waals surface area contributed by atoms with E-state index in [0.29, 0.717) is 0 Å². The van der Waals surface area contributed by atoms with Crippen molar-refractivity contribution in [3.05, 3.63) is 72.7 Å². The second-order valence-corrected chi connectivity index (χ2v) is 6.22. The lowest BCUT2D eigenvalue weighted by molar-refractivity contribution is -0.651. The largest absolute Gasteiger partial charge is 0.413 e.